The van der Waals surface area contributed by atoms with Gasteiger partial charge in [-0.15, -0.1) is 0 Å². The Labute approximate surface area is 198 Å². The molecule has 0 spiro atoms. The third-order valence-corrected chi connectivity index (χ3v) is 5.55. The van der Waals surface area contributed by atoms with Crippen molar-refractivity contribution in [2.24, 2.45) is 0 Å². The number of fused-ring (bicyclic) bond motifs is 1. The zero-order chi connectivity index (χ0) is 24.5. The number of nitrogens with zero attached hydrogens (tertiary/aromatic N) is 6. The van der Waals surface area contributed by atoms with Crippen molar-refractivity contribution in [2.45, 2.75) is 26.3 Å². The lowest BCUT2D eigenvalue weighted by atomic mass is 10.1. The van der Waals surface area contributed by atoms with Crippen LogP contribution < -0.4 is 16.6 Å². The first-order valence-corrected chi connectivity index (χ1v) is 10.9. The molecule has 2 aromatic carbocycles. The van der Waals surface area contributed by atoms with E-state index < -0.39 is 11.9 Å². The second-order valence-electron chi connectivity index (χ2n) is 7.80. The number of rotatable bonds is 6. The monoisotopic (exact) mass is 472 g/mol. The Bertz CT molecular complexity index is 1600. The average molecular weight is 472 g/mol. The molecule has 0 saturated heterocycles. The fraction of sp³-hybridized carbons (Fsp3) is 0.167. The molecule has 0 amide bonds. The summed E-state index contributed by atoms with van der Waals surface area (Å²) in [7, 11) is 0. The SMILES string of the molecule is CC[C@H](Nc1ncnc(N)c1-c1noc(C)n1)c1nc2ccccc2c(=O)n1-c1ccccc1F. The molecule has 1 atom stereocenters. The highest BCUT2D eigenvalue weighted by Crippen LogP contribution is 2.32. The van der Waals surface area contributed by atoms with Crippen LogP contribution in [0.15, 0.2) is 64.2 Å². The van der Waals surface area contributed by atoms with Gasteiger partial charge in [0.25, 0.3) is 5.56 Å². The summed E-state index contributed by atoms with van der Waals surface area (Å²) < 4.78 is 21.3. The van der Waals surface area contributed by atoms with Crippen LogP contribution in [0.5, 0.6) is 0 Å². The highest BCUT2D eigenvalue weighted by Gasteiger charge is 2.25. The highest BCUT2D eigenvalue weighted by molar-refractivity contribution is 5.80. The molecule has 3 heterocycles. The number of aromatic nitrogens is 6. The van der Waals surface area contributed by atoms with Gasteiger partial charge in [-0.3, -0.25) is 9.36 Å². The standard InChI is InChI=1S/C24H21FN8O2/c1-3-16(30-21-19(20(26)27-12-28-21)22-29-13(2)35-32-22)23-31-17-10-6-4-8-14(17)24(34)33(23)18-11-7-5-9-15(18)25/h4-12,16H,3H2,1-2H3,(H3,26,27,28,30)/t16-/m0/s1. The van der Waals surface area contributed by atoms with Crippen LogP contribution in [0, 0.1) is 12.7 Å². The van der Waals surface area contributed by atoms with Gasteiger partial charge < -0.3 is 15.6 Å². The number of benzene rings is 2. The Balaban J connectivity index is 1.71. The van der Waals surface area contributed by atoms with E-state index in [-0.39, 0.29) is 22.9 Å². The van der Waals surface area contributed by atoms with E-state index in [9.17, 15) is 9.18 Å². The minimum Gasteiger partial charge on any atom is -0.383 e. The smallest absolute Gasteiger partial charge is 0.266 e. The van der Waals surface area contributed by atoms with Crippen molar-refractivity contribution in [3.8, 4) is 17.1 Å². The average Bonchev–Trinajstić information content (AvgIpc) is 3.29. The van der Waals surface area contributed by atoms with E-state index in [0.29, 0.717) is 40.4 Å². The first-order valence-electron chi connectivity index (χ1n) is 10.9. The molecule has 0 aliphatic rings. The maximum atomic E-state index is 14.9. The van der Waals surface area contributed by atoms with E-state index in [1.54, 1.807) is 49.4 Å². The third-order valence-electron chi connectivity index (χ3n) is 5.55. The molecule has 0 radical (unpaired) electrons. The fourth-order valence-corrected chi connectivity index (χ4v) is 3.89. The van der Waals surface area contributed by atoms with Crippen molar-refractivity contribution in [3.63, 3.8) is 0 Å². The molecule has 0 unspecified atom stereocenters. The van der Waals surface area contributed by atoms with Crippen molar-refractivity contribution in [2.75, 3.05) is 11.1 Å². The summed E-state index contributed by atoms with van der Waals surface area (Å²) >= 11 is 0. The molecule has 0 bridgehead atoms. The van der Waals surface area contributed by atoms with E-state index in [1.165, 1.54) is 17.0 Å². The van der Waals surface area contributed by atoms with Crippen molar-refractivity contribution in [3.05, 3.63) is 82.7 Å². The Morgan fingerprint density at radius 1 is 1.11 bits per heavy atom. The first kappa shape index (κ1) is 22.1. The van der Waals surface area contributed by atoms with Crippen LogP contribution in [0.4, 0.5) is 16.0 Å². The summed E-state index contributed by atoms with van der Waals surface area (Å²) in [6.07, 6.45) is 1.78. The van der Waals surface area contributed by atoms with Gasteiger partial charge >= 0.3 is 0 Å². The Morgan fingerprint density at radius 3 is 2.63 bits per heavy atom. The normalized spacial score (nSPS) is 12.1. The van der Waals surface area contributed by atoms with Crippen molar-refractivity contribution in [1.29, 1.82) is 0 Å². The van der Waals surface area contributed by atoms with E-state index in [4.69, 9.17) is 15.2 Å². The third kappa shape index (κ3) is 3.97. The minimum atomic E-state index is -0.562. The molecule has 0 aliphatic carbocycles. The molecule has 3 aromatic heterocycles. The van der Waals surface area contributed by atoms with E-state index >= 15 is 0 Å². The van der Waals surface area contributed by atoms with Crippen molar-refractivity contribution >= 4 is 22.5 Å². The predicted molar refractivity (Wildman–Crippen MR) is 128 cm³/mol. The number of halogens is 1. The molecule has 11 heteroatoms. The largest absolute Gasteiger partial charge is 0.383 e. The molecule has 35 heavy (non-hydrogen) atoms. The Morgan fingerprint density at radius 2 is 1.89 bits per heavy atom. The molecule has 0 fully saturated rings. The quantitative estimate of drug-likeness (QED) is 0.378. The number of hydrogen-bond acceptors (Lipinski definition) is 9. The Hall–Kier alpha value is -4.67. The van der Waals surface area contributed by atoms with Gasteiger partial charge in [0.2, 0.25) is 11.7 Å². The summed E-state index contributed by atoms with van der Waals surface area (Å²) in [6.45, 7) is 3.57. The maximum absolute atomic E-state index is 14.9. The second kappa shape index (κ2) is 8.93. The lowest BCUT2D eigenvalue weighted by Crippen LogP contribution is -2.29. The number of aryl methyl sites for hydroxylation is 1. The van der Waals surface area contributed by atoms with Crippen molar-refractivity contribution in [1.82, 2.24) is 29.7 Å². The van der Waals surface area contributed by atoms with Crippen LogP contribution in [-0.4, -0.2) is 29.7 Å². The lowest BCUT2D eigenvalue weighted by molar-refractivity contribution is 0.394. The summed E-state index contributed by atoms with van der Waals surface area (Å²) in [5.74, 6) is 0.816. The summed E-state index contributed by atoms with van der Waals surface area (Å²) in [5, 5.41) is 7.60. The van der Waals surface area contributed by atoms with Crippen LogP contribution in [0.2, 0.25) is 0 Å². The number of nitrogens with two attached hydrogens (primary N) is 1. The molecule has 5 aromatic rings. The first-order chi connectivity index (χ1) is 17.0. The van der Waals surface area contributed by atoms with Crippen LogP contribution >= 0.6 is 0 Å². The van der Waals surface area contributed by atoms with Gasteiger partial charge in [0, 0.05) is 6.92 Å². The van der Waals surface area contributed by atoms with Gasteiger partial charge in [-0.05, 0) is 30.7 Å². The maximum Gasteiger partial charge on any atom is 0.266 e. The number of nitrogen functional groups attached to an aromatic ring is 1. The number of para-hydroxylation sites is 2. The lowest BCUT2D eigenvalue weighted by Gasteiger charge is -2.23. The van der Waals surface area contributed by atoms with Crippen LogP contribution in [-0.2, 0) is 0 Å². The van der Waals surface area contributed by atoms with Crippen molar-refractivity contribution < 1.29 is 8.91 Å². The van der Waals surface area contributed by atoms with Crippen LogP contribution in [0.3, 0.4) is 0 Å². The molecule has 3 N–H and O–H groups in total. The fourth-order valence-electron chi connectivity index (χ4n) is 3.89. The molecular formula is C24H21FN8O2. The van der Waals surface area contributed by atoms with Gasteiger partial charge in [0.05, 0.1) is 22.6 Å². The van der Waals surface area contributed by atoms with Gasteiger partial charge in [0.15, 0.2) is 0 Å². The summed E-state index contributed by atoms with van der Waals surface area (Å²) in [6, 6.07) is 12.5. The number of nitrogens with one attached hydrogen (secondary N) is 1. The van der Waals surface area contributed by atoms with Crippen LogP contribution in [0.1, 0.15) is 31.1 Å². The Kier molecular flexibility index (Phi) is 5.65. The zero-order valence-corrected chi connectivity index (χ0v) is 18.9. The molecule has 5 rings (SSSR count). The number of hydrogen-bond donors (Lipinski definition) is 2. The number of anilines is 2. The molecule has 0 saturated carbocycles. The van der Waals surface area contributed by atoms with Gasteiger partial charge in [-0.2, -0.15) is 4.98 Å². The van der Waals surface area contributed by atoms with Gasteiger partial charge in [0.1, 0.15) is 35.2 Å². The summed E-state index contributed by atoms with van der Waals surface area (Å²) in [5.41, 5.74) is 6.69. The molecule has 176 valence electrons. The van der Waals surface area contributed by atoms with E-state index in [1.807, 2.05) is 6.92 Å². The van der Waals surface area contributed by atoms with E-state index in [0.717, 1.165) is 0 Å². The highest BCUT2D eigenvalue weighted by atomic mass is 19.1. The van der Waals surface area contributed by atoms with E-state index in [2.05, 4.69) is 25.4 Å². The zero-order valence-electron chi connectivity index (χ0n) is 18.9. The predicted octanol–water partition coefficient (Wildman–Crippen LogP) is 3.82. The molecule has 10 nitrogen and oxygen atoms in total. The van der Waals surface area contributed by atoms with Crippen LogP contribution in [0.25, 0.3) is 28.0 Å². The molecule has 0 aliphatic heterocycles. The molecular weight excluding hydrogens is 451 g/mol. The topological polar surface area (TPSA) is 138 Å². The van der Waals surface area contributed by atoms with Gasteiger partial charge in [-0.25, -0.2) is 19.3 Å². The second-order valence-corrected chi connectivity index (χ2v) is 7.80. The van der Waals surface area contributed by atoms with Gasteiger partial charge in [-0.1, -0.05) is 36.3 Å². The minimum absolute atomic E-state index is 0.0993. The summed E-state index contributed by atoms with van der Waals surface area (Å²) in [4.78, 5) is 30.9.